The number of nitrogens with zero attached hydrogens (tertiary/aromatic N) is 3. The van der Waals surface area contributed by atoms with E-state index in [1.165, 1.54) is 22.8 Å². The highest BCUT2D eigenvalue weighted by atomic mass is 15.7. The van der Waals surface area contributed by atoms with Crippen LogP contribution in [0.1, 0.15) is 13.3 Å². The van der Waals surface area contributed by atoms with Crippen molar-refractivity contribution in [2.24, 2.45) is 5.92 Å². The van der Waals surface area contributed by atoms with E-state index < -0.39 is 0 Å². The number of hydrogen-bond acceptors (Lipinski definition) is 1. The van der Waals surface area contributed by atoms with Gasteiger partial charge < -0.3 is 10.0 Å². The topological polar surface area (TPSA) is 17.3 Å². The molecule has 18 heavy (non-hydrogen) atoms. The van der Waals surface area contributed by atoms with Crippen LogP contribution in [0.25, 0.3) is 5.43 Å². The summed E-state index contributed by atoms with van der Waals surface area (Å²) in [4.78, 5) is 2.42. The standard InChI is InChI=1S/C15H17N3/c1-11-6-5-8-13-15(11)16-18(2)10-17(13)12-7-3-4-9-14(12)18/h3-5,7-9,11H,6,10H2,1-2H3. The van der Waals surface area contributed by atoms with Crippen LogP contribution in [0.3, 0.4) is 0 Å². The van der Waals surface area contributed by atoms with Crippen LogP contribution < -0.4 is 9.49 Å². The average molecular weight is 239 g/mol. The molecule has 3 aliphatic rings. The van der Waals surface area contributed by atoms with E-state index in [4.69, 9.17) is 5.43 Å². The van der Waals surface area contributed by atoms with Crippen molar-refractivity contribution in [3.63, 3.8) is 0 Å². The van der Waals surface area contributed by atoms with E-state index in [0.29, 0.717) is 10.5 Å². The highest BCUT2D eigenvalue weighted by molar-refractivity contribution is 5.80. The lowest BCUT2D eigenvalue weighted by atomic mass is 9.96. The van der Waals surface area contributed by atoms with Gasteiger partial charge in [-0.15, -0.1) is 0 Å². The molecule has 1 aliphatic carbocycles. The summed E-state index contributed by atoms with van der Waals surface area (Å²) in [5, 5.41) is 0. The van der Waals surface area contributed by atoms with Gasteiger partial charge in [-0.1, -0.05) is 30.8 Å². The zero-order valence-corrected chi connectivity index (χ0v) is 10.8. The summed E-state index contributed by atoms with van der Waals surface area (Å²) in [6.07, 6.45) is 5.62. The fourth-order valence-corrected chi connectivity index (χ4v) is 3.27. The van der Waals surface area contributed by atoms with Crippen LogP contribution in [0, 0.1) is 5.92 Å². The molecule has 1 aromatic rings. The number of para-hydroxylation sites is 2. The van der Waals surface area contributed by atoms with Crippen LogP contribution in [0.4, 0.5) is 11.4 Å². The molecule has 2 heterocycles. The van der Waals surface area contributed by atoms with Gasteiger partial charge in [0.1, 0.15) is 5.69 Å². The van der Waals surface area contributed by atoms with Crippen molar-refractivity contribution in [1.82, 2.24) is 4.59 Å². The summed E-state index contributed by atoms with van der Waals surface area (Å²) in [7, 11) is 2.20. The molecule has 2 atom stereocenters. The highest BCUT2D eigenvalue weighted by Crippen LogP contribution is 2.51. The fourth-order valence-electron chi connectivity index (χ4n) is 3.27. The van der Waals surface area contributed by atoms with E-state index in [1.54, 1.807) is 0 Å². The molecule has 0 fully saturated rings. The van der Waals surface area contributed by atoms with Crippen LogP contribution in [0.15, 0.2) is 47.8 Å². The zero-order valence-electron chi connectivity index (χ0n) is 10.8. The Morgan fingerprint density at radius 2 is 2.17 bits per heavy atom. The SMILES string of the molecule is CC1CC=CC2=C1[N-][N+]1(C)CN2c2ccccc21. The second-order valence-electron chi connectivity index (χ2n) is 5.61. The summed E-state index contributed by atoms with van der Waals surface area (Å²) in [5.74, 6) is 0.527. The van der Waals surface area contributed by atoms with Crippen molar-refractivity contribution in [3.8, 4) is 0 Å². The van der Waals surface area contributed by atoms with E-state index in [0.717, 1.165) is 13.1 Å². The van der Waals surface area contributed by atoms with Gasteiger partial charge in [-0.3, -0.25) is 4.90 Å². The maximum Gasteiger partial charge on any atom is 0.158 e. The third-order valence-electron chi connectivity index (χ3n) is 4.22. The number of anilines is 1. The molecule has 1 aromatic carbocycles. The number of benzene rings is 1. The Kier molecular flexibility index (Phi) is 1.80. The van der Waals surface area contributed by atoms with Crippen molar-refractivity contribution in [3.05, 3.63) is 53.2 Å². The lowest BCUT2D eigenvalue weighted by Gasteiger charge is -2.50. The van der Waals surface area contributed by atoms with Crippen molar-refractivity contribution in [2.75, 3.05) is 18.6 Å². The molecule has 2 unspecified atom stereocenters. The minimum absolute atomic E-state index is 0.527. The Labute approximate surface area is 108 Å². The molecule has 0 saturated heterocycles. The minimum Gasteiger partial charge on any atom is -0.482 e. The summed E-state index contributed by atoms with van der Waals surface area (Å²) < 4.78 is 0.674. The van der Waals surface area contributed by atoms with Crippen LogP contribution >= 0.6 is 0 Å². The molecule has 3 heteroatoms. The molecule has 0 radical (unpaired) electrons. The van der Waals surface area contributed by atoms with Crippen molar-refractivity contribution >= 4 is 11.4 Å². The Morgan fingerprint density at radius 3 is 3.06 bits per heavy atom. The molecule has 0 N–H and O–H groups in total. The van der Waals surface area contributed by atoms with Gasteiger partial charge in [0.25, 0.3) is 0 Å². The largest absolute Gasteiger partial charge is 0.482 e. The Balaban J connectivity index is 1.94. The summed E-state index contributed by atoms with van der Waals surface area (Å²) in [6, 6.07) is 8.63. The van der Waals surface area contributed by atoms with Gasteiger partial charge in [0.05, 0.1) is 7.05 Å². The first-order chi connectivity index (χ1) is 8.69. The minimum atomic E-state index is 0.527. The molecule has 0 spiro atoms. The number of hydrogen-bond donors (Lipinski definition) is 0. The predicted octanol–water partition coefficient (Wildman–Crippen LogP) is 3.51. The molecule has 2 aliphatic heterocycles. The van der Waals surface area contributed by atoms with Gasteiger partial charge in [-0.05, 0) is 24.5 Å². The quantitative estimate of drug-likeness (QED) is 0.633. The van der Waals surface area contributed by atoms with E-state index in [1.807, 2.05) is 0 Å². The first kappa shape index (κ1) is 10.2. The Morgan fingerprint density at radius 1 is 1.33 bits per heavy atom. The summed E-state index contributed by atoms with van der Waals surface area (Å²) in [5.41, 5.74) is 10.2. The maximum absolute atomic E-state index is 5.04. The van der Waals surface area contributed by atoms with E-state index >= 15 is 0 Å². The predicted molar refractivity (Wildman–Crippen MR) is 74.8 cm³/mol. The van der Waals surface area contributed by atoms with Gasteiger partial charge in [-0.25, -0.2) is 0 Å². The summed E-state index contributed by atoms with van der Waals surface area (Å²) in [6.45, 7) is 3.20. The van der Waals surface area contributed by atoms with Crippen molar-refractivity contribution in [2.45, 2.75) is 13.3 Å². The average Bonchev–Trinajstić information content (AvgIpc) is 2.62. The number of rotatable bonds is 0. The number of fused-ring (bicyclic) bond motifs is 6. The normalized spacial score (nSPS) is 32.1. The maximum atomic E-state index is 5.04. The molecule has 0 aromatic heterocycles. The van der Waals surface area contributed by atoms with Crippen molar-refractivity contribution < 1.29 is 0 Å². The van der Waals surface area contributed by atoms with Crippen LogP contribution in [0.2, 0.25) is 0 Å². The van der Waals surface area contributed by atoms with Gasteiger partial charge in [0.15, 0.2) is 12.4 Å². The van der Waals surface area contributed by atoms with E-state index in [9.17, 15) is 0 Å². The number of quaternary nitrogens is 1. The molecular weight excluding hydrogens is 222 g/mol. The second-order valence-corrected chi connectivity index (χ2v) is 5.61. The van der Waals surface area contributed by atoms with E-state index in [2.05, 4.69) is 55.3 Å². The first-order valence-electron chi connectivity index (χ1n) is 6.56. The summed E-state index contributed by atoms with van der Waals surface area (Å²) >= 11 is 0. The lowest BCUT2D eigenvalue weighted by molar-refractivity contribution is 0.416. The number of allylic oxidation sites excluding steroid dienone is 3. The molecule has 92 valence electrons. The van der Waals surface area contributed by atoms with Crippen LogP contribution in [-0.2, 0) is 0 Å². The van der Waals surface area contributed by atoms with Gasteiger partial charge in [0, 0.05) is 11.8 Å². The van der Waals surface area contributed by atoms with Gasteiger partial charge in [-0.2, -0.15) is 0 Å². The Hall–Kier alpha value is -1.74. The fraction of sp³-hybridized carbons (Fsp3) is 0.333. The van der Waals surface area contributed by atoms with Crippen molar-refractivity contribution in [1.29, 1.82) is 0 Å². The third-order valence-corrected chi connectivity index (χ3v) is 4.22. The molecule has 3 nitrogen and oxygen atoms in total. The molecular formula is C15H17N3. The van der Waals surface area contributed by atoms with Gasteiger partial charge >= 0.3 is 0 Å². The van der Waals surface area contributed by atoms with Crippen LogP contribution in [0.5, 0.6) is 0 Å². The van der Waals surface area contributed by atoms with Gasteiger partial charge in [0.2, 0.25) is 0 Å². The molecule has 0 amide bonds. The smallest absolute Gasteiger partial charge is 0.158 e. The van der Waals surface area contributed by atoms with E-state index in [-0.39, 0.29) is 0 Å². The molecule has 0 saturated carbocycles. The monoisotopic (exact) mass is 239 g/mol. The second kappa shape index (κ2) is 3.18. The lowest BCUT2D eigenvalue weighted by Crippen LogP contribution is -2.47. The molecule has 4 rings (SSSR count). The first-order valence-corrected chi connectivity index (χ1v) is 6.56. The third kappa shape index (κ3) is 1.12. The zero-order chi connectivity index (χ0) is 12.3. The molecule has 2 bridgehead atoms. The Bertz CT molecular complexity index is 587. The van der Waals surface area contributed by atoms with Crippen LogP contribution in [-0.4, -0.2) is 13.7 Å². The highest BCUT2D eigenvalue weighted by Gasteiger charge is 2.40.